The number of carbonyl (C=O) groups is 1. The molecule has 0 aromatic heterocycles. The molecule has 1 heterocycles. The van der Waals surface area contributed by atoms with Gasteiger partial charge in [-0.25, -0.2) is 4.31 Å². The van der Waals surface area contributed by atoms with Gasteiger partial charge in [0, 0.05) is 38.9 Å². The molecule has 0 spiro atoms. The summed E-state index contributed by atoms with van der Waals surface area (Å²) in [5.41, 5.74) is 0. The fourth-order valence-electron chi connectivity index (χ4n) is 1.51. The van der Waals surface area contributed by atoms with Gasteiger partial charge < -0.3 is 4.90 Å². The zero-order valence-electron chi connectivity index (χ0n) is 8.64. The Morgan fingerprint density at radius 3 is 2.14 bits per heavy atom. The van der Waals surface area contributed by atoms with Crippen molar-refractivity contribution >= 4 is 16.7 Å². The molecule has 0 aromatic carbocycles. The molecule has 0 bridgehead atoms. The lowest BCUT2D eigenvalue weighted by Crippen LogP contribution is -2.48. The molecule has 1 aliphatic heterocycles. The minimum atomic E-state index is -2.59. The average molecular weight is 222 g/mol. The number of carbonyl (C=O) groups excluding carboxylic acids is 1. The first kappa shape index (κ1) is 11.8. The molecule has 0 atom stereocenters. The SMILES string of the molecule is CCC(=O)N1CCN(S(C)(O)O)CC1. The van der Waals surface area contributed by atoms with Gasteiger partial charge in [0.1, 0.15) is 0 Å². The van der Waals surface area contributed by atoms with Gasteiger partial charge in [0.15, 0.2) is 0 Å². The molecule has 84 valence electrons. The first-order chi connectivity index (χ1) is 6.45. The Hall–Kier alpha value is -0.300. The van der Waals surface area contributed by atoms with Gasteiger partial charge in [0.05, 0.1) is 0 Å². The minimum Gasteiger partial charge on any atom is -0.340 e. The lowest BCUT2D eigenvalue weighted by molar-refractivity contribution is -0.132. The number of hydrogen-bond acceptors (Lipinski definition) is 4. The highest BCUT2D eigenvalue weighted by molar-refractivity contribution is 8.21. The molecule has 2 N–H and O–H groups in total. The van der Waals surface area contributed by atoms with E-state index in [1.54, 1.807) is 9.21 Å². The predicted octanol–water partition coefficient (Wildman–Crippen LogP) is 0.836. The van der Waals surface area contributed by atoms with E-state index in [4.69, 9.17) is 0 Å². The van der Waals surface area contributed by atoms with E-state index < -0.39 is 10.8 Å². The lowest BCUT2D eigenvalue weighted by Gasteiger charge is -2.44. The fraction of sp³-hybridized carbons (Fsp3) is 0.875. The van der Waals surface area contributed by atoms with Gasteiger partial charge in [-0.3, -0.25) is 13.9 Å². The van der Waals surface area contributed by atoms with Crippen molar-refractivity contribution in [3.05, 3.63) is 0 Å². The molecule has 1 aliphatic rings. The van der Waals surface area contributed by atoms with Crippen LogP contribution in [0, 0.1) is 0 Å². The third-order valence-corrected chi connectivity index (χ3v) is 3.73. The topological polar surface area (TPSA) is 64.0 Å². The van der Waals surface area contributed by atoms with E-state index in [0.717, 1.165) is 0 Å². The molecule has 14 heavy (non-hydrogen) atoms. The second kappa shape index (κ2) is 4.48. The summed E-state index contributed by atoms with van der Waals surface area (Å²) < 4.78 is 20.4. The second-order valence-corrected chi connectivity index (χ2v) is 5.56. The largest absolute Gasteiger partial charge is 0.340 e. The molecule has 5 nitrogen and oxygen atoms in total. The Balaban J connectivity index is 2.43. The Labute approximate surface area is 86.2 Å². The van der Waals surface area contributed by atoms with Crippen LogP contribution in [-0.2, 0) is 4.79 Å². The summed E-state index contributed by atoms with van der Waals surface area (Å²) in [6.45, 7) is 4.12. The summed E-state index contributed by atoms with van der Waals surface area (Å²) in [5, 5.41) is 0. The van der Waals surface area contributed by atoms with Crippen LogP contribution in [0.2, 0.25) is 0 Å². The number of piperazine rings is 1. The summed E-state index contributed by atoms with van der Waals surface area (Å²) >= 11 is 0. The molecule has 1 rings (SSSR count). The fourth-order valence-corrected chi connectivity index (χ4v) is 2.36. The zero-order valence-corrected chi connectivity index (χ0v) is 9.46. The van der Waals surface area contributed by atoms with Gasteiger partial charge in [-0.2, -0.15) is 0 Å². The van der Waals surface area contributed by atoms with Crippen molar-refractivity contribution in [1.82, 2.24) is 9.21 Å². The summed E-state index contributed by atoms with van der Waals surface area (Å²) in [7, 11) is -2.59. The molecule has 1 amide bonds. The zero-order chi connectivity index (χ0) is 10.8. The molecular formula is C8H18N2O3S. The van der Waals surface area contributed by atoms with Crippen molar-refractivity contribution < 1.29 is 13.9 Å². The number of amides is 1. The van der Waals surface area contributed by atoms with E-state index in [2.05, 4.69) is 0 Å². The number of rotatable bonds is 2. The highest BCUT2D eigenvalue weighted by Crippen LogP contribution is 2.38. The molecule has 6 heteroatoms. The van der Waals surface area contributed by atoms with Crippen LogP contribution < -0.4 is 0 Å². The highest BCUT2D eigenvalue weighted by atomic mass is 32.3. The Bertz CT molecular complexity index is 209. The van der Waals surface area contributed by atoms with Crippen molar-refractivity contribution in [3.63, 3.8) is 0 Å². The van der Waals surface area contributed by atoms with Crippen LogP contribution in [0.4, 0.5) is 0 Å². The van der Waals surface area contributed by atoms with Crippen molar-refractivity contribution in [1.29, 1.82) is 0 Å². The van der Waals surface area contributed by atoms with Crippen molar-refractivity contribution in [2.24, 2.45) is 0 Å². The summed E-state index contributed by atoms with van der Waals surface area (Å²) in [6.07, 6.45) is 1.94. The Kier molecular flexibility index (Phi) is 3.77. The van der Waals surface area contributed by atoms with Gasteiger partial charge in [0.2, 0.25) is 5.91 Å². The second-order valence-electron chi connectivity index (χ2n) is 3.46. The van der Waals surface area contributed by atoms with E-state index >= 15 is 0 Å². The number of hydrogen-bond donors (Lipinski definition) is 2. The maximum absolute atomic E-state index is 11.3. The smallest absolute Gasteiger partial charge is 0.222 e. The third-order valence-electron chi connectivity index (χ3n) is 2.38. The van der Waals surface area contributed by atoms with Crippen molar-refractivity contribution in [2.75, 3.05) is 32.4 Å². The highest BCUT2D eigenvalue weighted by Gasteiger charge is 2.25. The van der Waals surface area contributed by atoms with Gasteiger partial charge in [-0.05, 0) is 0 Å². The normalized spacial score (nSPS) is 21.0. The van der Waals surface area contributed by atoms with Gasteiger partial charge in [-0.1, -0.05) is 6.92 Å². The quantitative estimate of drug-likeness (QED) is 0.726. The molecular weight excluding hydrogens is 204 g/mol. The van der Waals surface area contributed by atoms with E-state index in [0.29, 0.717) is 32.6 Å². The van der Waals surface area contributed by atoms with E-state index in [1.807, 2.05) is 6.92 Å². The van der Waals surface area contributed by atoms with E-state index in [9.17, 15) is 13.9 Å². The van der Waals surface area contributed by atoms with Crippen LogP contribution in [0.5, 0.6) is 0 Å². The molecule has 0 saturated carbocycles. The van der Waals surface area contributed by atoms with Crippen molar-refractivity contribution in [3.8, 4) is 0 Å². The van der Waals surface area contributed by atoms with Crippen molar-refractivity contribution in [2.45, 2.75) is 13.3 Å². The third kappa shape index (κ3) is 2.84. The van der Waals surface area contributed by atoms with Gasteiger partial charge in [-0.15, -0.1) is 10.8 Å². The van der Waals surface area contributed by atoms with Crippen LogP contribution in [-0.4, -0.2) is 56.7 Å². The molecule has 0 radical (unpaired) electrons. The summed E-state index contributed by atoms with van der Waals surface area (Å²) in [5.74, 6) is 0.136. The van der Waals surface area contributed by atoms with Crippen LogP contribution in [0.25, 0.3) is 0 Å². The Morgan fingerprint density at radius 2 is 1.79 bits per heavy atom. The van der Waals surface area contributed by atoms with E-state index in [-0.39, 0.29) is 5.91 Å². The number of nitrogens with zero attached hydrogens (tertiary/aromatic N) is 2. The minimum absolute atomic E-state index is 0.136. The van der Waals surface area contributed by atoms with Crippen LogP contribution in [0.1, 0.15) is 13.3 Å². The first-order valence-corrected chi connectivity index (χ1v) is 6.62. The predicted molar refractivity (Wildman–Crippen MR) is 57.2 cm³/mol. The van der Waals surface area contributed by atoms with Crippen LogP contribution in [0.15, 0.2) is 0 Å². The van der Waals surface area contributed by atoms with Gasteiger partial charge in [0.25, 0.3) is 0 Å². The maximum atomic E-state index is 11.3. The molecule has 1 fully saturated rings. The van der Waals surface area contributed by atoms with Crippen LogP contribution in [0.3, 0.4) is 0 Å². The maximum Gasteiger partial charge on any atom is 0.222 e. The summed E-state index contributed by atoms with van der Waals surface area (Å²) in [4.78, 5) is 13.1. The standard InChI is InChI=1S/C8H18N2O3S/c1-3-8(11)9-4-6-10(7-5-9)14(2,12)13/h12-13H,3-7H2,1-2H3. The molecule has 0 aliphatic carbocycles. The average Bonchev–Trinajstić information content (AvgIpc) is 2.15. The molecule has 1 saturated heterocycles. The molecule has 0 unspecified atom stereocenters. The molecule has 0 aromatic rings. The van der Waals surface area contributed by atoms with Gasteiger partial charge >= 0.3 is 0 Å². The lowest BCUT2D eigenvalue weighted by atomic mass is 10.3. The Morgan fingerprint density at radius 1 is 1.29 bits per heavy atom. The van der Waals surface area contributed by atoms with Crippen LogP contribution >= 0.6 is 10.8 Å². The first-order valence-electron chi connectivity index (χ1n) is 4.71. The van der Waals surface area contributed by atoms with E-state index in [1.165, 1.54) is 6.26 Å². The monoisotopic (exact) mass is 222 g/mol. The summed E-state index contributed by atoms with van der Waals surface area (Å²) in [6, 6.07) is 0.